The van der Waals surface area contributed by atoms with Crippen molar-refractivity contribution in [3.05, 3.63) is 58.6 Å². The zero-order chi connectivity index (χ0) is 15.8. The topological polar surface area (TPSA) is 52.0 Å². The smallest absolute Gasteiger partial charge is 0.399 e. The molecule has 0 aliphatic heterocycles. The summed E-state index contributed by atoms with van der Waals surface area (Å²) in [6.07, 6.45) is -3.95. The van der Waals surface area contributed by atoms with Gasteiger partial charge in [0.25, 0.3) is 0 Å². The molecular weight excluding hydrogens is 291 g/mol. The summed E-state index contributed by atoms with van der Waals surface area (Å²) >= 11 is 0. The number of hydrogen-bond acceptors (Lipinski definition) is 2. The van der Waals surface area contributed by atoms with Crippen LogP contribution in [0.15, 0.2) is 41.6 Å². The van der Waals surface area contributed by atoms with E-state index in [1.807, 2.05) is 0 Å². The highest BCUT2D eigenvalue weighted by molar-refractivity contribution is 5.41. The predicted octanol–water partition coefficient (Wildman–Crippen LogP) is 3.18. The van der Waals surface area contributed by atoms with Crippen molar-refractivity contribution in [3.63, 3.8) is 0 Å². The van der Waals surface area contributed by atoms with Gasteiger partial charge in [-0.1, -0.05) is 12.1 Å². The highest BCUT2D eigenvalue weighted by Gasteiger charge is 2.44. The molecule has 2 rings (SSSR count). The van der Waals surface area contributed by atoms with Crippen molar-refractivity contribution >= 4 is 0 Å². The van der Waals surface area contributed by atoms with Crippen LogP contribution in [0, 0.1) is 5.82 Å². The molecule has 0 spiro atoms. The number of benzene rings is 1. The van der Waals surface area contributed by atoms with Gasteiger partial charge in [-0.2, -0.15) is 13.2 Å². The molecule has 4 N–H and O–H groups in total. The Bertz CT molecular complexity index is 618. The van der Waals surface area contributed by atoms with Crippen LogP contribution in [0.1, 0.15) is 17.5 Å². The van der Waals surface area contributed by atoms with Crippen molar-refractivity contribution in [1.82, 2.24) is 0 Å². The molecule has 1 unspecified atom stereocenters. The molecule has 0 saturated carbocycles. The first-order chi connectivity index (χ1) is 9.67. The van der Waals surface area contributed by atoms with Crippen molar-refractivity contribution < 1.29 is 22.0 Å². The average Bonchev–Trinajstić information content (AvgIpc) is 2.40. The molecule has 1 aromatic rings. The highest BCUT2D eigenvalue weighted by Crippen LogP contribution is 2.44. The van der Waals surface area contributed by atoms with Gasteiger partial charge in [0.15, 0.2) is 5.67 Å². The van der Waals surface area contributed by atoms with Crippen LogP contribution in [0.5, 0.6) is 0 Å². The Morgan fingerprint density at radius 2 is 1.90 bits per heavy atom. The van der Waals surface area contributed by atoms with Crippen LogP contribution in [0.2, 0.25) is 0 Å². The van der Waals surface area contributed by atoms with E-state index in [2.05, 4.69) is 0 Å². The van der Waals surface area contributed by atoms with Gasteiger partial charge in [0.05, 0.1) is 5.57 Å². The summed E-state index contributed by atoms with van der Waals surface area (Å²) in [6, 6.07) is 3.35. The third-order valence-corrected chi connectivity index (χ3v) is 3.40. The molecule has 21 heavy (non-hydrogen) atoms. The second kappa shape index (κ2) is 5.14. The van der Waals surface area contributed by atoms with Gasteiger partial charge in [0.1, 0.15) is 5.82 Å². The Balaban J connectivity index is 2.42. The Labute approximate surface area is 117 Å². The van der Waals surface area contributed by atoms with Crippen molar-refractivity contribution in [1.29, 1.82) is 0 Å². The van der Waals surface area contributed by atoms with Crippen LogP contribution in [-0.4, -0.2) is 6.18 Å². The lowest BCUT2D eigenvalue weighted by Crippen LogP contribution is -2.29. The Morgan fingerprint density at radius 1 is 1.24 bits per heavy atom. The maximum atomic E-state index is 14.8. The summed E-state index contributed by atoms with van der Waals surface area (Å²) in [5.74, 6) is -0.753. The number of halogens is 5. The van der Waals surface area contributed by atoms with Crippen LogP contribution >= 0.6 is 0 Å². The maximum absolute atomic E-state index is 14.8. The molecule has 1 atom stereocenters. The van der Waals surface area contributed by atoms with E-state index >= 15 is 0 Å². The van der Waals surface area contributed by atoms with Crippen molar-refractivity contribution in [2.45, 2.75) is 24.8 Å². The second-order valence-electron chi connectivity index (χ2n) is 4.81. The lowest BCUT2D eigenvalue weighted by molar-refractivity contribution is -0.0986. The number of alkyl halides is 4. The van der Waals surface area contributed by atoms with E-state index in [0.29, 0.717) is 0 Å². The third kappa shape index (κ3) is 2.92. The van der Waals surface area contributed by atoms with Gasteiger partial charge in [-0.15, -0.1) is 0 Å². The molecule has 0 bridgehead atoms. The molecule has 0 radical (unpaired) electrons. The normalized spacial score (nSPS) is 22.8. The van der Waals surface area contributed by atoms with E-state index in [1.165, 1.54) is 12.1 Å². The number of rotatable bonds is 2. The zero-order valence-electron chi connectivity index (χ0n) is 10.8. The summed E-state index contributed by atoms with van der Waals surface area (Å²) in [6.45, 7) is -0.0815. The molecule has 7 heteroatoms. The van der Waals surface area contributed by atoms with Crippen LogP contribution in [-0.2, 0) is 12.2 Å². The van der Waals surface area contributed by atoms with Crippen LogP contribution in [0.25, 0.3) is 0 Å². The van der Waals surface area contributed by atoms with Crippen molar-refractivity contribution in [2.24, 2.45) is 11.5 Å². The first-order valence-corrected chi connectivity index (χ1v) is 6.10. The number of nitrogens with two attached hydrogens (primary N) is 2. The quantitative estimate of drug-likeness (QED) is 0.825. The standard InChI is InChI=1S/C14H13F5N2/c15-11-5-9(2-1-8(11)7-20)13(16)4-3-12(21)10(6-13)14(17,18)19/h1-5H,6-7,20-21H2. The maximum Gasteiger partial charge on any atom is 0.414 e. The molecular formula is C14H13F5N2. The van der Waals surface area contributed by atoms with Gasteiger partial charge in [0, 0.05) is 24.2 Å². The Kier molecular flexibility index (Phi) is 3.79. The van der Waals surface area contributed by atoms with Crippen molar-refractivity contribution in [3.8, 4) is 0 Å². The van der Waals surface area contributed by atoms with Gasteiger partial charge in [-0.3, -0.25) is 0 Å². The second-order valence-corrected chi connectivity index (χ2v) is 4.81. The summed E-state index contributed by atoms with van der Waals surface area (Å²) < 4.78 is 66.9. The molecule has 0 aromatic heterocycles. The molecule has 114 valence electrons. The zero-order valence-corrected chi connectivity index (χ0v) is 10.8. The lowest BCUT2D eigenvalue weighted by atomic mass is 9.83. The molecule has 1 aliphatic rings. The SMILES string of the molecule is NCc1ccc(C2(F)C=CC(N)=C(C(F)(F)F)C2)cc1F. The molecule has 0 amide bonds. The lowest BCUT2D eigenvalue weighted by Gasteiger charge is -2.29. The minimum absolute atomic E-state index is 0.0815. The summed E-state index contributed by atoms with van der Waals surface area (Å²) in [5, 5.41) is 0. The van der Waals surface area contributed by atoms with Gasteiger partial charge in [-0.05, 0) is 23.8 Å². The van der Waals surface area contributed by atoms with E-state index < -0.39 is 35.4 Å². The van der Waals surface area contributed by atoms with E-state index in [4.69, 9.17) is 11.5 Å². The summed E-state index contributed by atoms with van der Waals surface area (Å²) in [5.41, 5.74) is 6.35. The molecule has 0 fully saturated rings. The van der Waals surface area contributed by atoms with E-state index in [9.17, 15) is 22.0 Å². The molecule has 1 aliphatic carbocycles. The van der Waals surface area contributed by atoms with E-state index in [-0.39, 0.29) is 17.7 Å². The first kappa shape index (κ1) is 15.5. The van der Waals surface area contributed by atoms with Gasteiger partial charge >= 0.3 is 6.18 Å². The van der Waals surface area contributed by atoms with Crippen LogP contribution in [0.4, 0.5) is 22.0 Å². The highest BCUT2D eigenvalue weighted by atomic mass is 19.4. The molecule has 0 heterocycles. The summed E-state index contributed by atoms with van der Waals surface area (Å²) in [4.78, 5) is 0. The predicted molar refractivity (Wildman–Crippen MR) is 68.1 cm³/mol. The van der Waals surface area contributed by atoms with E-state index in [0.717, 1.165) is 18.2 Å². The monoisotopic (exact) mass is 304 g/mol. The van der Waals surface area contributed by atoms with E-state index in [1.54, 1.807) is 0 Å². The van der Waals surface area contributed by atoms with Crippen molar-refractivity contribution in [2.75, 3.05) is 0 Å². The number of hydrogen-bond donors (Lipinski definition) is 2. The van der Waals surface area contributed by atoms with Gasteiger partial charge in [-0.25, -0.2) is 8.78 Å². The fourth-order valence-corrected chi connectivity index (χ4v) is 2.17. The number of allylic oxidation sites excluding steroid dienone is 3. The minimum Gasteiger partial charge on any atom is -0.399 e. The fraction of sp³-hybridized carbons (Fsp3) is 0.286. The fourth-order valence-electron chi connectivity index (χ4n) is 2.17. The van der Waals surface area contributed by atoms with Crippen LogP contribution in [0.3, 0.4) is 0 Å². The molecule has 1 aromatic carbocycles. The molecule has 2 nitrogen and oxygen atoms in total. The largest absolute Gasteiger partial charge is 0.414 e. The van der Waals surface area contributed by atoms with Gasteiger partial charge < -0.3 is 11.5 Å². The first-order valence-electron chi connectivity index (χ1n) is 6.10. The average molecular weight is 304 g/mol. The molecule has 0 saturated heterocycles. The summed E-state index contributed by atoms with van der Waals surface area (Å²) in [7, 11) is 0. The third-order valence-electron chi connectivity index (χ3n) is 3.40. The van der Waals surface area contributed by atoms with Crippen LogP contribution < -0.4 is 11.5 Å². The van der Waals surface area contributed by atoms with Gasteiger partial charge in [0.2, 0.25) is 0 Å². The minimum atomic E-state index is -4.73. The Morgan fingerprint density at radius 3 is 2.43 bits per heavy atom. The Hall–Kier alpha value is -1.89.